The first-order chi connectivity index (χ1) is 12.5. The molecule has 0 aromatic heterocycles. The Morgan fingerprint density at radius 2 is 1.92 bits per heavy atom. The lowest BCUT2D eigenvalue weighted by atomic mass is 10.1. The van der Waals surface area contributed by atoms with Crippen molar-refractivity contribution in [1.82, 2.24) is 5.32 Å². The quantitative estimate of drug-likeness (QED) is 0.427. The predicted molar refractivity (Wildman–Crippen MR) is 111 cm³/mol. The highest BCUT2D eigenvalue weighted by atomic mass is 79.9. The molecule has 26 heavy (non-hydrogen) atoms. The Morgan fingerprint density at radius 1 is 1.12 bits per heavy atom. The second-order valence-electron chi connectivity index (χ2n) is 5.97. The van der Waals surface area contributed by atoms with Crippen LogP contribution in [0.3, 0.4) is 0 Å². The molecule has 2 aromatic carbocycles. The number of hydrogen-bond donors (Lipinski definition) is 1. The number of carbonyl (C=O) groups excluding carboxylic acids is 1. The first-order valence-electron chi connectivity index (χ1n) is 8.65. The van der Waals surface area contributed by atoms with Crippen molar-refractivity contribution in [3.05, 3.63) is 62.0 Å². The molecule has 0 fully saturated rings. The van der Waals surface area contributed by atoms with Crippen LogP contribution in [0.4, 0.5) is 0 Å². The van der Waals surface area contributed by atoms with Crippen molar-refractivity contribution in [3.63, 3.8) is 0 Å². The van der Waals surface area contributed by atoms with Gasteiger partial charge in [0.15, 0.2) is 0 Å². The van der Waals surface area contributed by atoms with Gasteiger partial charge in [-0.3, -0.25) is 4.79 Å². The number of ether oxygens (including phenoxy) is 1. The highest BCUT2D eigenvalue weighted by Crippen LogP contribution is 2.25. The fourth-order valence-electron chi connectivity index (χ4n) is 2.45. The van der Waals surface area contributed by atoms with E-state index in [-0.39, 0.29) is 5.91 Å². The molecular weight excluding hydrogens is 437 g/mol. The Morgan fingerprint density at radius 3 is 2.65 bits per heavy atom. The molecule has 3 nitrogen and oxygen atoms in total. The van der Waals surface area contributed by atoms with Gasteiger partial charge in [-0.25, -0.2) is 0 Å². The number of hydrogen-bond acceptors (Lipinski definition) is 2. The second-order valence-corrected chi connectivity index (χ2v) is 7.73. The van der Waals surface area contributed by atoms with E-state index >= 15 is 0 Å². The molecule has 0 saturated heterocycles. The summed E-state index contributed by atoms with van der Waals surface area (Å²) in [5.41, 5.74) is 1.31. The SMILES string of the molecule is CCCCCCOc1ccc(Br)cc1C(=O)NCc1ccc(Cl)cc1Cl. The minimum atomic E-state index is -0.208. The molecule has 0 heterocycles. The van der Waals surface area contributed by atoms with Crippen LogP contribution in [0, 0.1) is 0 Å². The van der Waals surface area contributed by atoms with Crippen molar-refractivity contribution < 1.29 is 9.53 Å². The fourth-order valence-corrected chi connectivity index (χ4v) is 3.29. The molecule has 1 N–H and O–H groups in total. The Labute approximate surface area is 173 Å². The van der Waals surface area contributed by atoms with Crippen molar-refractivity contribution in [2.24, 2.45) is 0 Å². The smallest absolute Gasteiger partial charge is 0.255 e. The summed E-state index contributed by atoms with van der Waals surface area (Å²) in [7, 11) is 0. The lowest BCUT2D eigenvalue weighted by molar-refractivity contribution is 0.0946. The minimum Gasteiger partial charge on any atom is -0.493 e. The topological polar surface area (TPSA) is 38.3 Å². The summed E-state index contributed by atoms with van der Waals surface area (Å²) >= 11 is 15.5. The van der Waals surface area contributed by atoms with Gasteiger partial charge in [-0.05, 0) is 42.3 Å². The van der Waals surface area contributed by atoms with E-state index in [0.717, 1.165) is 22.9 Å². The molecule has 2 rings (SSSR count). The van der Waals surface area contributed by atoms with Crippen LogP contribution in [0.1, 0.15) is 48.5 Å². The first-order valence-corrected chi connectivity index (χ1v) is 10.2. The van der Waals surface area contributed by atoms with Gasteiger partial charge in [-0.1, -0.05) is 71.4 Å². The molecule has 0 aliphatic heterocycles. The van der Waals surface area contributed by atoms with Gasteiger partial charge in [0.1, 0.15) is 5.75 Å². The van der Waals surface area contributed by atoms with Gasteiger partial charge < -0.3 is 10.1 Å². The number of halogens is 3. The number of carbonyl (C=O) groups is 1. The molecule has 0 aliphatic carbocycles. The number of nitrogens with one attached hydrogen (secondary N) is 1. The van der Waals surface area contributed by atoms with Crippen molar-refractivity contribution in [3.8, 4) is 5.75 Å². The Hall–Kier alpha value is -1.23. The van der Waals surface area contributed by atoms with E-state index in [9.17, 15) is 4.79 Å². The van der Waals surface area contributed by atoms with E-state index in [1.807, 2.05) is 12.1 Å². The maximum absolute atomic E-state index is 12.6. The van der Waals surface area contributed by atoms with Gasteiger partial charge >= 0.3 is 0 Å². The summed E-state index contributed by atoms with van der Waals surface area (Å²) in [4.78, 5) is 12.6. The predicted octanol–water partition coefficient (Wildman–Crippen LogP) is 6.65. The summed E-state index contributed by atoms with van der Waals surface area (Å²) in [5, 5.41) is 3.98. The Bertz CT molecular complexity index is 753. The largest absolute Gasteiger partial charge is 0.493 e. The summed E-state index contributed by atoms with van der Waals surface area (Å²) in [6, 6.07) is 10.7. The van der Waals surface area contributed by atoms with E-state index in [0.29, 0.717) is 34.5 Å². The van der Waals surface area contributed by atoms with Crippen LogP contribution in [0.2, 0.25) is 10.0 Å². The first kappa shape index (κ1) is 21.1. The fraction of sp³-hybridized carbons (Fsp3) is 0.350. The van der Waals surface area contributed by atoms with Gasteiger partial charge in [0, 0.05) is 21.1 Å². The van der Waals surface area contributed by atoms with Crippen molar-refractivity contribution in [2.75, 3.05) is 6.61 Å². The molecule has 2 aromatic rings. The molecule has 0 radical (unpaired) electrons. The average molecular weight is 459 g/mol. The normalized spacial score (nSPS) is 10.6. The van der Waals surface area contributed by atoms with Crippen molar-refractivity contribution in [1.29, 1.82) is 0 Å². The third-order valence-electron chi connectivity index (χ3n) is 3.90. The zero-order valence-electron chi connectivity index (χ0n) is 14.7. The number of amides is 1. The highest BCUT2D eigenvalue weighted by molar-refractivity contribution is 9.10. The maximum atomic E-state index is 12.6. The van der Waals surface area contributed by atoms with E-state index in [1.165, 1.54) is 12.8 Å². The van der Waals surface area contributed by atoms with Crippen LogP contribution in [0.5, 0.6) is 5.75 Å². The summed E-state index contributed by atoms with van der Waals surface area (Å²) in [5.74, 6) is 0.380. The van der Waals surface area contributed by atoms with E-state index in [1.54, 1.807) is 24.3 Å². The molecule has 0 bridgehead atoms. The lowest BCUT2D eigenvalue weighted by Crippen LogP contribution is -2.23. The van der Waals surface area contributed by atoms with E-state index in [2.05, 4.69) is 28.2 Å². The number of rotatable bonds is 9. The second kappa shape index (κ2) is 10.8. The zero-order chi connectivity index (χ0) is 18.9. The molecular formula is C20H22BrCl2NO2. The molecule has 1 amide bonds. The molecule has 0 spiro atoms. The Balaban J connectivity index is 2.01. The standard InChI is InChI=1S/C20H22BrCl2NO2/c1-2-3-4-5-10-26-19-9-7-15(21)11-17(19)20(25)24-13-14-6-8-16(22)12-18(14)23/h6-9,11-12H,2-5,10,13H2,1H3,(H,24,25). The van der Waals surface area contributed by atoms with Gasteiger partial charge in [0.05, 0.1) is 12.2 Å². The maximum Gasteiger partial charge on any atom is 0.255 e. The average Bonchev–Trinajstić information content (AvgIpc) is 2.61. The van der Waals surface area contributed by atoms with Crippen LogP contribution < -0.4 is 10.1 Å². The van der Waals surface area contributed by atoms with Crippen molar-refractivity contribution >= 4 is 45.0 Å². The molecule has 0 unspecified atom stereocenters. The Kier molecular flexibility index (Phi) is 8.76. The van der Waals surface area contributed by atoms with Gasteiger partial charge in [-0.15, -0.1) is 0 Å². The molecule has 0 saturated carbocycles. The molecule has 0 aliphatic rings. The zero-order valence-corrected chi connectivity index (χ0v) is 17.8. The van der Waals surface area contributed by atoms with Crippen molar-refractivity contribution in [2.45, 2.75) is 39.2 Å². The van der Waals surface area contributed by atoms with Gasteiger partial charge in [0.25, 0.3) is 5.91 Å². The molecule has 0 atom stereocenters. The van der Waals surface area contributed by atoms with Gasteiger partial charge in [-0.2, -0.15) is 0 Å². The van der Waals surface area contributed by atoms with Crippen LogP contribution in [0.15, 0.2) is 40.9 Å². The third-order valence-corrected chi connectivity index (χ3v) is 4.98. The van der Waals surface area contributed by atoms with Crippen LogP contribution in [-0.2, 0) is 6.54 Å². The summed E-state index contributed by atoms with van der Waals surface area (Å²) in [6.07, 6.45) is 4.48. The van der Waals surface area contributed by atoms with Crippen LogP contribution >= 0.6 is 39.1 Å². The lowest BCUT2D eigenvalue weighted by Gasteiger charge is -2.13. The van der Waals surface area contributed by atoms with Crippen LogP contribution in [0.25, 0.3) is 0 Å². The van der Waals surface area contributed by atoms with E-state index < -0.39 is 0 Å². The number of benzene rings is 2. The highest BCUT2D eigenvalue weighted by Gasteiger charge is 2.14. The van der Waals surface area contributed by atoms with Gasteiger partial charge in [0.2, 0.25) is 0 Å². The summed E-state index contributed by atoms with van der Waals surface area (Å²) < 4.78 is 6.65. The minimum absolute atomic E-state index is 0.208. The molecule has 6 heteroatoms. The monoisotopic (exact) mass is 457 g/mol. The van der Waals surface area contributed by atoms with Crippen LogP contribution in [-0.4, -0.2) is 12.5 Å². The third kappa shape index (κ3) is 6.49. The summed E-state index contributed by atoms with van der Waals surface area (Å²) in [6.45, 7) is 3.09. The number of unbranched alkanes of at least 4 members (excludes halogenated alkanes) is 3. The molecule has 140 valence electrons. The van der Waals surface area contributed by atoms with E-state index in [4.69, 9.17) is 27.9 Å².